The van der Waals surface area contributed by atoms with Crippen LogP contribution in [-0.2, 0) is 4.79 Å². The van der Waals surface area contributed by atoms with Gasteiger partial charge in [-0.25, -0.2) is 4.79 Å². The number of carbonyl (C=O) groups is 1. The smallest absolute Gasteiger partial charge is 0.330 e. The molecule has 1 aliphatic carbocycles. The SMILES string of the molecule is CC(=CCN1CCN(CC2CC2)CC1)C(=O)O. The third kappa shape index (κ3) is 4.13. The van der Waals surface area contributed by atoms with Crippen molar-refractivity contribution in [3.63, 3.8) is 0 Å². The van der Waals surface area contributed by atoms with Crippen molar-refractivity contribution in [1.82, 2.24) is 9.80 Å². The largest absolute Gasteiger partial charge is 0.478 e. The molecule has 1 heterocycles. The molecule has 0 bridgehead atoms. The molecule has 2 rings (SSSR count). The number of nitrogens with zero attached hydrogens (tertiary/aromatic N) is 2. The fourth-order valence-electron chi connectivity index (χ4n) is 2.17. The van der Waals surface area contributed by atoms with Crippen molar-refractivity contribution in [3.05, 3.63) is 11.6 Å². The van der Waals surface area contributed by atoms with E-state index < -0.39 is 5.97 Å². The van der Waals surface area contributed by atoms with Crippen molar-refractivity contribution >= 4 is 5.97 Å². The van der Waals surface area contributed by atoms with Gasteiger partial charge in [-0.3, -0.25) is 4.90 Å². The van der Waals surface area contributed by atoms with Crippen LogP contribution in [0.2, 0.25) is 0 Å². The molecular weight excluding hydrogens is 216 g/mol. The number of aliphatic carboxylic acids is 1. The maximum Gasteiger partial charge on any atom is 0.330 e. The second-order valence-electron chi connectivity index (χ2n) is 5.24. The van der Waals surface area contributed by atoms with E-state index in [1.165, 1.54) is 19.4 Å². The van der Waals surface area contributed by atoms with E-state index in [9.17, 15) is 4.79 Å². The lowest BCUT2D eigenvalue weighted by atomic mass is 10.2. The molecule has 96 valence electrons. The van der Waals surface area contributed by atoms with E-state index in [-0.39, 0.29) is 0 Å². The van der Waals surface area contributed by atoms with Crippen LogP contribution in [0.4, 0.5) is 0 Å². The topological polar surface area (TPSA) is 43.8 Å². The van der Waals surface area contributed by atoms with Gasteiger partial charge < -0.3 is 10.0 Å². The maximum atomic E-state index is 10.7. The molecule has 17 heavy (non-hydrogen) atoms. The van der Waals surface area contributed by atoms with E-state index in [1.54, 1.807) is 6.92 Å². The summed E-state index contributed by atoms with van der Waals surface area (Å²) in [6.45, 7) is 8.11. The summed E-state index contributed by atoms with van der Waals surface area (Å²) < 4.78 is 0. The van der Waals surface area contributed by atoms with Crippen molar-refractivity contribution in [2.45, 2.75) is 19.8 Å². The minimum atomic E-state index is -0.808. The van der Waals surface area contributed by atoms with Gasteiger partial charge in [-0.2, -0.15) is 0 Å². The average Bonchev–Trinajstić information content (AvgIpc) is 3.11. The van der Waals surface area contributed by atoms with Gasteiger partial charge in [-0.15, -0.1) is 0 Å². The van der Waals surface area contributed by atoms with Crippen molar-refractivity contribution in [3.8, 4) is 0 Å². The normalized spacial score (nSPS) is 23.9. The Balaban J connectivity index is 1.67. The van der Waals surface area contributed by atoms with Crippen molar-refractivity contribution in [2.75, 3.05) is 39.3 Å². The van der Waals surface area contributed by atoms with E-state index in [0.29, 0.717) is 5.57 Å². The van der Waals surface area contributed by atoms with Crippen molar-refractivity contribution in [1.29, 1.82) is 0 Å². The summed E-state index contributed by atoms with van der Waals surface area (Å²) >= 11 is 0. The highest BCUT2D eigenvalue weighted by Crippen LogP contribution is 2.29. The van der Waals surface area contributed by atoms with Crippen molar-refractivity contribution < 1.29 is 9.90 Å². The third-order valence-corrected chi connectivity index (χ3v) is 3.67. The summed E-state index contributed by atoms with van der Waals surface area (Å²) in [4.78, 5) is 15.5. The molecule has 0 spiro atoms. The van der Waals surface area contributed by atoms with Gasteiger partial charge in [0.05, 0.1) is 0 Å². The van der Waals surface area contributed by atoms with E-state index in [4.69, 9.17) is 5.11 Å². The van der Waals surface area contributed by atoms with Crippen LogP contribution < -0.4 is 0 Å². The molecule has 0 amide bonds. The zero-order chi connectivity index (χ0) is 12.3. The Morgan fingerprint density at radius 3 is 2.35 bits per heavy atom. The van der Waals surface area contributed by atoms with Gasteiger partial charge in [0.25, 0.3) is 0 Å². The Bertz CT molecular complexity index is 303. The molecule has 1 aliphatic heterocycles. The molecule has 0 aromatic heterocycles. The number of hydrogen-bond acceptors (Lipinski definition) is 3. The zero-order valence-electron chi connectivity index (χ0n) is 10.6. The Labute approximate surface area is 103 Å². The fraction of sp³-hybridized carbons (Fsp3) is 0.769. The van der Waals surface area contributed by atoms with E-state index >= 15 is 0 Å². The minimum absolute atomic E-state index is 0.449. The van der Waals surface area contributed by atoms with E-state index in [0.717, 1.165) is 38.6 Å². The van der Waals surface area contributed by atoms with Crippen LogP contribution >= 0.6 is 0 Å². The van der Waals surface area contributed by atoms with Crippen LogP contribution in [0.15, 0.2) is 11.6 Å². The lowest BCUT2D eigenvalue weighted by Crippen LogP contribution is -2.46. The molecule has 2 fully saturated rings. The molecular formula is C13H22N2O2. The first kappa shape index (κ1) is 12.6. The van der Waals surface area contributed by atoms with Crippen molar-refractivity contribution in [2.24, 2.45) is 5.92 Å². The van der Waals surface area contributed by atoms with E-state index in [2.05, 4.69) is 9.80 Å². The Morgan fingerprint density at radius 1 is 1.24 bits per heavy atom. The lowest BCUT2D eigenvalue weighted by molar-refractivity contribution is -0.132. The van der Waals surface area contributed by atoms with Crippen LogP contribution in [0.25, 0.3) is 0 Å². The van der Waals surface area contributed by atoms with Gasteiger partial charge in [0, 0.05) is 44.8 Å². The highest BCUT2D eigenvalue weighted by Gasteiger charge is 2.26. The standard InChI is InChI=1S/C13H22N2O2/c1-11(13(16)17)4-5-14-6-8-15(9-7-14)10-12-2-3-12/h4,12H,2-3,5-10H2,1H3,(H,16,17). The summed E-state index contributed by atoms with van der Waals surface area (Å²) in [5.74, 6) is 0.160. The van der Waals surface area contributed by atoms with Gasteiger partial charge >= 0.3 is 5.97 Å². The first-order chi connectivity index (χ1) is 8.15. The quantitative estimate of drug-likeness (QED) is 0.727. The van der Waals surface area contributed by atoms with E-state index in [1.807, 2.05) is 6.08 Å². The van der Waals surface area contributed by atoms with Crippen LogP contribution in [0.5, 0.6) is 0 Å². The predicted octanol–water partition coefficient (Wildman–Crippen LogP) is 1.04. The number of piperazine rings is 1. The van der Waals surface area contributed by atoms with Crippen LogP contribution in [0.1, 0.15) is 19.8 Å². The molecule has 0 atom stereocenters. The molecule has 1 saturated heterocycles. The maximum absolute atomic E-state index is 10.7. The number of carboxylic acid groups (broad SMARTS) is 1. The van der Waals surface area contributed by atoms with Gasteiger partial charge in [0.15, 0.2) is 0 Å². The first-order valence-electron chi connectivity index (χ1n) is 6.50. The zero-order valence-corrected chi connectivity index (χ0v) is 10.6. The predicted molar refractivity (Wildman–Crippen MR) is 67.0 cm³/mol. The summed E-state index contributed by atoms with van der Waals surface area (Å²) in [6, 6.07) is 0. The molecule has 0 unspecified atom stereocenters. The molecule has 1 N–H and O–H groups in total. The van der Waals surface area contributed by atoms with Crippen LogP contribution in [-0.4, -0.2) is 60.1 Å². The Hall–Kier alpha value is -0.870. The second-order valence-corrected chi connectivity index (χ2v) is 5.24. The summed E-state index contributed by atoms with van der Waals surface area (Å²) in [5, 5.41) is 8.76. The average molecular weight is 238 g/mol. The minimum Gasteiger partial charge on any atom is -0.478 e. The van der Waals surface area contributed by atoms with Gasteiger partial charge in [0.2, 0.25) is 0 Å². The molecule has 1 saturated carbocycles. The highest BCUT2D eigenvalue weighted by molar-refractivity contribution is 5.85. The first-order valence-corrected chi connectivity index (χ1v) is 6.50. The molecule has 0 aromatic carbocycles. The molecule has 4 heteroatoms. The molecule has 0 radical (unpaired) electrons. The molecule has 2 aliphatic rings. The second kappa shape index (κ2) is 5.65. The van der Waals surface area contributed by atoms with Gasteiger partial charge in [-0.05, 0) is 25.7 Å². The molecule has 4 nitrogen and oxygen atoms in total. The van der Waals surface area contributed by atoms with Gasteiger partial charge in [0.1, 0.15) is 0 Å². The molecule has 0 aromatic rings. The van der Waals surface area contributed by atoms with Crippen LogP contribution in [0.3, 0.4) is 0 Å². The summed E-state index contributed by atoms with van der Waals surface area (Å²) in [7, 11) is 0. The lowest BCUT2D eigenvalue weighted by Gasteiger charge is -2.34. The monoisotopic (exact) mass is 238 g/mol. The number of hydrogen-bond donors (Lipinski definition) is 1. The summed E-state index contributed by atoms with van der Waals surface area (Å²) in [5.41, 5.74) is 0.449. The number of rotatable bonds is 5. The number of carboxylic acids is 1. The van der Waals surface area contributed by atoms with Crippen LogP contribution in [0, 0.1) is 5.92 Å². The Kier molecular flexibility index (Phi) is 4.18. The Morgan fingerprint density at radius 2 is 1.82 bits per heavy atom. The fourth-order valence-corrected chi connectivity index (χ4v) is 2.17. The third-order valence-electron chi connectivity index (χ3n) is 3.67. The van der Waals surface area contributed by atoms with Gasteiger partial charge in [-0.1, -0.05) is 6.08 Å². The highest BCUT2D eigenvalue weighted by atomic mass is 16.4. The summed E-state index contributed by atoms with van der Waals surface area (Å²) in [6.07, 6.45) is 4.65.